The summed E-state index contributed by atoms with van der Waals surface area (Å²) >= 11 is 0. The molecule has 0 aliphatic heterocycles. The van der Waals surface area contributed by atoms with Crippen LogP contribution in [-0.2, 0) is 79.4 Å². The van der Waals surface area contributed by atoms with Crippen molar-refractivity contribution in [3.63, 3.8) is 0 Å². The van der Waals surface area contributed by atoms with Crippen LogP contribution in [0, 0.1) is 55.2 Å². The van der Waals surface area contributed by atoms with E-state index in [9.17, 15) is 0 Å². The molecule has 0 N–H and O–H groups in total. The predicted molar refractivity (Wildman–Crippen MR) is 307 cm³/mol. The molecule has 4 nitrogen and oxygen atoms in total. The Kier molecular flexibility index (Phi) is 12.1. The van der Waals surface area contributed by atoms with Gasteiger partial charge in [0.25, 0.3) is 0 Å². The molecule has 4 heteroatoms. The minimum atomic E-state index is -2.20. The second-order valence-electron chi connectivity index (χ2n) is 21.2. The van der Waals surface area contributed by atoms with Gasteiger partial charge in [-0.2, -0.15) is 0 Å². The Bertz CT molecular complexity index is 3890. The van der Waals surface area contributed by atoms with Crippen LogP contribution in [0.5, 0.6) is 0 Å². The summed E-state index contributed by atoms with van der Waals surface area (Å²) in [6.07, 6.45) is 13.9. The van der Waals surface area contributed by atoms with E-state index in [4.69, 9.17) is 16.4 Å². The van der Waals surface area contributed by atoms with Crippen LogP contribution in [0.3, 0.4) is 0 Å². The van der Waals surface area contributed by atoms with E-state index in [-0.39, 0.29) is 18.4 Å². The molecule has 0 saturated carbocycles. The number of benzene rings is 4. The van der Waals surface area contributed by atoms with Crippen LogP contribution in [0.2, 0.25) is 0 Å². The molecule has 0 atom stereocenters. The number of pyridine rings is 4. The smallest absolute Gasteiger partial charge is 0.201 e. The van der Waals surface area contributed by atoms with Gasteiger partial charge in [-0.25, -0.2) is 18.3 Å². The summed E-state index contributed by atoms with van der Waals surface area (Å²) < 4.78 is 104. The number of aromatic nitrogens is 4. The molecule has 0 fully saturated rings. The molecule has 0 bridgehead atoms. The van der Waals surface area contributed by atoms with Crippen LogP contribution in [0.1, 0.15) is 144 Å². The quantitative estimate of drug-likeness (QED) is 0.156. The number of rotatable bonds is 4. The summed E-state index contributed by atoms with van der Waals surface area (Å²) in [7, 11) is 8.07. The first-order chi connectivity index (χ1) is 40.2. The molecule has 8 aromatic rings. The lowest BCUT2D eigenvalue weighted by Gasteiger charge is -2.18. The fraction of sp³-hybridized carbons (Fsp3) is 0.371. The first-order valence-electron chi connectivity index (χ1n) is 32.7. The van der Waals surface area contributed by atoms with Crippen LogP contribution < -0.4 is 18.3 Å². The first kappa shape index (κ1) is 39.0. The second-order valence-corrected chi connectivity index (χ2v) is 21.2. The first-order valence-corrected chi connectivity index (χ1v) is 26.7. The Hall–Kier alpha value is -6.52. The zero-order valence-electron chi connectivity index (χ0n) is 57.6. The van der Waals surface area contributed by atoms with Gasteiger partial charge < -0.3 is 0 Å². The molecule has 0 saturated heterocycles. The van der Waals surface area contributed by atoms with Crippen LogP contribution in [-0.4, -0.2) is 0 Å². The highest BCUT2D eigenvalue weighted by molar-refractivity contribution is 5.68. The summed E-state index contributed by atoms with van der Waals surface area (Å²) in [5.74, 6) is 0. The van der Waals surface area contributed by atoms with Crippen LogP contribution in [0.4, 0.5) is 0 Å². The Balaban J connectivity index is 0.000000139. The van der Waals surface area contributed by atoms with Gasteiger partial charge >= 0.3 is 0 Å². The molecule has 0 radical (unpaired) electrons. The number of nitrogens with zero attached hydrogens (tertiary/aromatic N) is 4. The summed E-state index contributed by atoms with van der Waals surface area (Å²) in [6, 6.07) is 31.8. The van der Waals surface area contributed by atoms with Gasteiger partial charge in [-0.1, -0.05) is 70.8 Å². The molecule has 4 aliphatic carbocycles. The average molecular weight is 994 g/mol. The summed E-state index contributed by atoms with van der Waals surface area (Å²) in [4.78, 5) is 0. The highest BCUT2D eigenvalue weighted by atomic mass is 14.9. The Labute approximate surface area is 462 Å². The maximum atomic E-state index is 8.48. The average Bonchev–Trinajstić information content (AvgIpc) is 1.29. The van der Waals surface area contributed by atoms with Gasteiger partial charge in [-0.15, -0.1) is 0 Å². The molecule has 4 heterocycles. The van der Waals surface area contributed by atoms with E-state index in [1.807, 2.05) is 36.9 Å². The topological polar surface area (TPSA) is 15.5 Å². The van der Waals surface area contributed by atoms with Crippen molar-refractivity contribution in [1.82, 2.24) is 0 Å². The molecule has 0 amide bonds. The van der Waals surface area contributed by atoms with Crippen molar-refractivity contribution in [3.05, 3.63) is 211 Å². The van der Waals surface area contributed by atoms with Crippen molar-refractivity contribution < 1.29 is 34.7 Å². The SMILES string of the molecule is Cc1ccc(-c2c3c(cc[n+]2C)CCC3)c(C)c1.Cc1ccc(-c2cc3c(c[n+]2C)CCC3)c(C)c1.[2H]C([2H])([2H])c1ccc(-c2c3c(cc[n+]2C)C([2H])([2H])CCC3([2H])[2H])c(C)c1.[2H]C([2H])([2H])c1ccc(-c2cc3c(c[n+]2C)CCCC3([2H])[2H])c(C)c1. The zero-order chi connectivity index (χ0) is 62.6. The largest absolute Gasteiger partial charge is 0.216 e. The highest BCUT2D eigenvalue weighted by Crippen LogP contribution is 2.34. The molecular weight excluding hydrogens is 897 g/mol. The fourth-order valence-corrected chi connectivity index (χ4v) is 11.6. The summed E-state index contributed by atoms with van der Waals surface area (Å²) in [6.45, 7) is 8.13. The molecule has 4 aromatic carbocycles. The molecular formula is C70H84N4+4. The van der Waals surface area contributed by atoms with E-state index in [0.29, 0.717) is 28.8 Å². The van der Waals surface area contributed by atoms with Crippen molar-refractivity contribution in [2.75, 3.05) is 0 Å². The molecule has 4 aliphatic rings. The van der Waals surface area contributed by atoms with Crippen molar-refractivity contribution in [1.29, 1.82) is 0 Å². The highest BCUT2D eigenvalue weighted by Gasteiger charge is 2.26. The van der Waals surface area contributed by atoms with E-state index in [1.165, 1.54) is 88.9 Å². The number of hydrogen-bond acceptors (Lipinski definition) is 0. The van der Waals surface area contributed by atoms with Crippen molar-refractivity contribution in [2.24, 2.45) is 28.2 Å². The lowest BCUT2D eigenvalue weighted by atomic mass is 9.87. The fourth-order valence-electron chi connectivity index (χ4n) is 11.6. The lowest BCUT2D eigenvalue weighted by molar-refractivity contribution is -0.661. The van der Waals surface area contributed by atoms with Gasteiger partial charge in [0.1, 0.15) is 28.2 Å². The number of aryl methyl sites for hydroxylation is 18. The van der Waals surface area contributed by atoms with E-state index in [2.05, 4.69) is 112 Å². The van der Waals surface area contributed by atoms with Crippen molar-refractivity contribution in [2.45, 2.75) is 145 Å². The standard InChI is InChI=1S/2C18H22N.2C17H20N/c1-13-8-9-17(14(2)10-13)18-11-15-6-4-5-7-16(15)12-19(18)3;1-13-8-9-16(14(2)12-13)18-17-7-5-4-6-15(17)10-11-19(18)3;1-12-7-8-16(13(2)9-12)17-10-14-5-4-6-15(14)11-18(17)3;1-12-7-8-15(13(2)11-12)17-16-6-4-5-14(16)9-10-18(17)3/h2*8-12H,4-7H2,1-3H3;2*7-11H,4-6H2,1-3H3/q4*+1/i1D3,6D2;1D3,6D2,7D2;;. The van der Waals surface area contributed by atoms with Gasteiger partial charge in [0.15, 0.2) is 24.8 Å². The number of hydrogen-bond donors (Lipinski definition) is 0. The third kappa shape index (κ3) is 11.6. The third-order valence-electron chi connectivity index (χ3n) is 15.4. The maximum absolute atomic E-state index is 8.48. The van der Waals surface area contributed by atoms with Crippen LogP contribution in [0.25, 0.3) is 45.0 Å². The van der Waals surface area contributed by atoms with E-state index in [1.54, 1.807) is 77.8 Å². The van der Waals surface area contributed by atoms with E-state index in [0.717, 1.165) is 51.9 Å². The Morgan fingerprint density at radius 3 is 1.35 bits per heavy atom. The summed E-state index contributed by atoms with van der Waals surface area (Å²) in [5, 5.41) is 0. The van der Waals surface area contributed by atoms with E-state index >= 15 is 0 Å². The molecule has 380 valence electrons. The van der Waals surface area contributed by atoms with Gasteiger partial charge in [0.05, 0.1) is 0 Å². The van der Waals surface area contributed by atoms with Crippen molar-refractivity contribution in [3.8, 4) is 45.0 Å². The van der Waals surface area contributed by atoms with Gasteiger partial charge in [-0.3, -0.25) is 0 Å². The second kappa shape index (κ2) is 22.9. The molecule has 0 unspecified atom stereocenters. The van der Waals surface area contributed by atoms with Gasteiger partial charge in [0, 0.05) is 85.2 Å². The van der Waals surface area contributed by atoms with Crippen LogP contribution in [0.15, 0.2) is 122 Å². The number of fused-ring (bicyclic) bond motifs is 4. The monoisotopic (exact) mass is 993 g/mol. The zero-order valence-corrected chi connectivity index (χ0v) is 45.6. The Morgan fingerprint density at radius 2 is 0.770 bits per heavy atom. The van der Waals surface area contributed by atoms with Crippen LogP contribution >= 0.6 is 0 Å². The maximum Gasteiger partial charge on any atom is 0.216 e. The predicted octanol–water partition coefficient (Wildman–Crippen LogP) is 13.9. The molecule has 4 aromatic heterocycles. The van der Waals surface area contributed by atoms with Gasteiger partial charge in [-0.05, 0) is 214 Å². The minimum Gasteiger partial charge on any atom is -0.201 e. The minimum absolute atomic E-state index is 0.108. The summed E-state index contributed by atoms with van der Waals surface area (Å²) in [5.41, 5.74) is 25.0. The van der Waals surface area contributed by atoms with Gasteiger partial charge in [0.2, 0.25) is 22.8 Å². The Morgan fingerprint density at radius 1 is 0.351 bits per heavy atom. The normalized spacial score (nSPS) is 18.8. The van der Waals surface area contributed by atoms with E-state index < -0.39 is 32.8 Å². The third-order valence-corrected chi connectivity index (χ3v) is 15.4. The molecule has 12 rings (SSSR count). The van der Waals surface area contributed by atoms with Crippen molar-refractivity contribution >= 4 is 0 Å². The lowest BCUT2D eigenvalue weighted by Crippen LogP contribution is -2.33. The molecule has 74 heavy (non-hydrogen) atoms. The molecule has 0 spiro atoms.